The molecule has 0 saturated heterocycles. The third-order valence-electron chi connectivity index (χ3n) is 3.01. The number of rotatable bonds is 4. The SMILES string of the molecule is COc1ccc(-c2noc(C=Cc3ccccc3)n2)cc1. The van der Waals surface area contributed by atoms with Gasteiger partial charge in [0, 0.05) is 11.6 Å². The number of nitrogens with zero attached hydrogens (tertiary/aromatic N) is 2. The molecular weight excluding hydrogens is 264 g/mol. The first-order valence-electron chi connectivity index (χ1n) is 6.56. The summed E-state index contributed by atoms with van der Waals surface area (Å²) in [6.45, 7) is 0. The summed E-state index contributed by atoms with van der Waals surface area (Å²) in [5.74, 6) is 1.83. The summed E-state index contributed by atoms with van der Waals surface area (Å²) in [6, 6.07) is 17.5. The average molecular weight is 278 g/mol. The van der Waals surface area contributed by atoms with Gasteiger partial charge in [-0.2, -0.15) is 4.98 Å². The molecule has 0 aliphatic heterocycles. The summed E-state index contributed by atoms with van der Waals surface area (Å²) in [5, 5.41) is 3.98. The van der Waals surface area contributed by atoms with Gasteiger partial charge in [-0.05, 0) is 35.9 Å². The lowest BCUT2D eigenvalue weighted by Gasteiger charge is -1.98. The summed E-state index contributed by atoms with van der Waals surface area (Å²) in [5.41, 5.74) is 1.97. The number of methoxy groups -OCH3 is 1. The van der Waals surface area contributed by atoms with Gasteiger partial charge in [0.15, 0.2) is 0 Å². The summed E-state index contributed by atoms with van der Waals surface area (Å²) in [4.78, 5) is 4.35. The van der Waals surface area contributed by atoms with Crippen molar-refractivity contribution in [2.75, 3.05) is 7.11 Å². The molecule has 21 heavy (non-hydrogen) atoms. The minimum Gasteiger partial charge on any atom is -0.497 e. The van der Waals surface area contributed by atoms with Gasteiger partial charge in [-0.1, -0.05) is 35.5 Å². The fourth-order valence-corrected chi connectivity index (χ4v) is 1.89. The highest BCUT2D eigenvalue weighted by atomic mass is 16.5. The quantitative estimate of drug-likeness (QED) is 0.725. The molecule has 4 nitrogen and oxygen atoms in total. The number of benzene rings is 2. The number of ether oxygens (including phenoxy) is 1. The van der Waals surface area contributed by atoms with E-state index in [2.05, 4.69) is 10.1 Å². The van der Waals surface area contributed by atoms with Crippen molar-refractivity contribution in [2.45, 2.75) is 0 Å². The lowest BCUT2D eigenvalue weighted by atomic mass is 10.2. The second kappa shape index (κ2) is 6.05. The molecule has 0 atom stereocenters. The Morgan fingerprint density at radius 2 is 1.71 bits per heavy atom. The molecular formula is C17H14N2O2. The van der Waals surface area contributed by atoms with Crippen LogP contribution in [0.15, 0.2) is 59.1 Å². The zero-order valence-electron chi connectivity index (χ0n) is 11.6. The lowest BCUT2D eigenvalue weighted by Crippen LogP contribution is -1.84. The minimum atomic E-state index is 0.477. The zero-order chi connectivity index (χ0) is 14.5. The maximum Gasteiger partial charge on any atom is 0.250 e. The third-order valence-corrected chi connectivity index (χ3v) is 3.01. The van der Waals surface area contributed by atoms with Gasteiger partial charge < -0.3 is 9.26 Å². The van der Waals surface area contributed by atoms with E-state index >= 15 is 0 Å². The van der Waals surface area contributed by atoms with Crippen molar-refractivity contribution in [1.82, 2.24) is 10.1 Å². The molecule has 1 aromatic heterocycles. The summed E-state index contributed by atoms with van der Waals surface area (Å²) in [6.07, 6.45) is 3.74. The van der Waals surface area contributed by atoms with E-state index in [9.17, 15) is 0 Å². The van der Waals surface area contributed by atoms with Gasteiger partial charge in [0.2, 0.25) is 5.82 Å². The van der Waals surface area contributed by atoms with Crippen molar-refractivity contribution in [3.63, 3.8) is 0 Å². The fourth-order valence-electron chi connectivity index (χ4n) is 1.89. The van der Waals surface area contributed by atoms with Crippen LogP contribution in [0.1, 0.15) is 11.5 Å². The normalized spacial score (nSPS) is 10.9. The first kappa shape index (κ1) is 13.1. The van der Waals surface area contributed by atoms with Gasteiger partial charge in [-0.3, -0.25) is 0 Å². The van der Waals surface area contributed by atoms with Crippen LogP contribution in [0.4, 0.5) is 0 Å². The molecule has 104 valence electrons. The predicted molar refractivity (Wildman–Crippen MR) is 81.7 cm³/mol. The number of hydrogen-bond acceptors (Lipinski definition) is 4. The van der Waals surface area contributed by atoms with Crippen molar-refractivity contribution in [2.24, 2.45) is 0 Å². The largest absolute Gasteiger partial charge is 0.497 e. The van der Waals surface area contributed by atoms with Gasteiger partial charge in [-0.25, -0.2) is 0 Å². The van der Waals surface area contributed by atoms with Crippen LogP contribution in [0, 0.1) is 0 Å². The highest BCUT2D eigenvalue weighted by Crippen LogP contribution is 2.20. The van der Waals surface area contributed by atoms with Crippen LogP contribution in [-0.2, 0) is 0 Å². The smallest absolute Gasteiger partial charge is 0.250 e. The van der Waals surface area contributed by atoms with Crippen molar-refractivity contribution < 1.29 is 9.26 Å². The predicted octanol–water partition coefficient (Wildman–Crippen LogP) is 3.92. The standard InChI is InChI=1S/C17H14N2O2/c1-20-15-10-8-14(9-11-15)17-18-16(21-19-17)12-7-13-5-3-2-4-6-13/h2-12H,1H3. The molecule has 0 unspecified atom stereocenters. The molecule has 0 aliphatic carbocycles. The molecule has 0 spiro atoms. The van der Waals surface area contributed by atoms with Crippen molar-refractivity contribution >= 4 is 12.2 Å². The first-order chi connectivity index (χ1) is 10.3. The second-order valence-electron chi connectivity index (χ2n) is 4.43. The van der Waals surface area contributed by atoms with E-state index in [0.717, 1.165) is 16.9 Å². The molecule has 3 rings (SSSR count). The van der Waals surface area contributed by atoms with Crippen LogP contribution in [0.2, 0.25) is 0 Å². The summed E-state index contributed by atoms with van der Waals surface area (Å²) in [7, 11) is 1.63. The zero-order valence-corrected chi connectivity index (χ0v) is 11.6. The van der Waals surface area contributed by atoms with Crippen molar-refractivity contribution in [1.29, 1.82) is 0 Å². The Hall–Kier alpha value is -2.88. The van der Waals surface area contributed by atoms with Crippen molar-refractivity contribution in [3.8, 4) is 17.1 Å². The van der Waals surface area contributed by atoms with Crippen LogP contribution in [-0.4, -0.2) is 17.3 Å². The van der Waals surface area contributed by atoms with Crippen LogP contribution >= 0.6 is 0 Å². The monoisotopic (exact) mass is 278 g/mol. The fraction of sp³-hybridized carbons (Fsp3) is 0.0588. The molecule has 3 aromatic rings. The van der Waals surface area contributed by atoms with Gasteiger partial charge in [-0.15, -0.1) is 0 Å². The van der Waals surface area contributed by atoms with E-state index in [0.29, 0.717) is 11.7 Å². The van der Waals surface area contributed by atoms with Crippen LogP contribution in [0.3, 0.4) is 0 Å². The Morgan fingerprint density at radius 1 is 0.952 bits per heavy atom. The summed E-state index contributed by atoms with van der Waals surface area (Å²) < 4.78 is 10.3. The van der Waals surface area contributed by atoms with E-state index in [4.69, 9.17) is 9.26 Å². The van der Waals surface area contributed by atoms with Crippen LogP contribution in [0.5, 0.6) is 5.75 Å². The molecule has 0 aliphatic rings. The Kier molecular flexibility index (Phi) is 3.78. The third kappa shape index (κ3) is 3.17. The topological polar surface area (TPSA) is 48.2 Å². The molecule has 0 bridgehead atoms. The van der Waals surface area contributed by atoms with Gasteiger partial charge in [0.25, 0.3) is 5.89 Å². The molecule has 0 saturated carbocycles. The Morgan fingerprint density at radius 3 is 2.43 bits per heavy atom. The van der Waals surface area contributed by atoms with E-state index < -0.39 is 0 Å². The summed E-state index contributed by atoms with van der Waals surface area (Å²) >= 11 is 0. The van der Waals surface area contributed by atoms with E-state index in [1.54, 1.807) is 13.2 Å². The average Bonchev–Trinajstić information content (AvgIpc) is 3.03. The highest BCUT2D eigenvalue weighted by molar-refractivity contribution is 5.66. The van der Waals surface area contributed by atoms with E-state index in [-0.39, 0.29) is 0 Å². The molecule has 0 fully saturated rings. The Labute approximate surface area is 122 Å². The van der Waals surface area contributed by atoms with Gasteiger partial charge in [0.05, 0.1) is 7.11 Å². The molecule has 0 amide bonds. The van der Waals surface area contributed by atoms with E-state index in [1.165, 1.54) is 0 Å². The van der Waals surface area contributed by atoms with Gasteiger partial charge in [0.1, 0.15) is 5.75 Å². The Bertz CT molecular complexity index is 731. The van der Waals surface area contributed by atoms with Crippen LogP contribution < -0.4 is 4.74 Å². The van der Waals surface area contributed by atoms with Crippen LogP contribution in [0.25, 0.3) is 23.5 Å². The van der Waals surface area contributed by atoms with E-state index in [1.807, 2.05) is 60.7 Å². The second-order valence-corrected chi connectivity index (χ2v) is 4.43. The Balaban J connectivity index is 1.78. The lowest BCUT2D eigenvalue weighted by molar-refractivity contribution is 0.411. The molecule has 0 radical (unpaired) electrons. The maximum atomic E-state index is 5.22. The minimum absolute atomic E-state index is 0.477. The highest BCUT2D eigenvalue weighted by Gasteiger charge is 2.06. The first-order valence-corrected chi connectivity index (χ1v) is 6.56. The molecule has 1 heterocycles. The maximum absolute atomic E-state index is 5.22. The molecule has 2 aromatic carbocycles. The van der Waals surface area contributed by atoms with Gasteiger partial charge >= 0.3 is 0 Å². The van der Waals surface area contributed by atoms with Crippen molar-refractivity contribution in [3.05, 3.63) is 66.1 Å². The molecule has 0 N–H and O–H groups in total. The number of hydrogen-bond donors (Lipinski definition) is 0. The number of aromatic nitrogens is 2. The molecule has 4 heteroatoms.